The van der Waals surface area contributed by atoms with Gasteiger partial charge in [-0.2, -0.15) is 5.26 Å². The van der Waals surface area contributed by atoms with Crippen LogP contribution >= 0.6 is 0 Å². The van der Waals surface area contributed by atoms with Crippen molar-refractivity contribution in [2.75, 3.05) is 6.54 Å². The molecule has 1 heterocycles. The van der Waals surface area contributed by atoms with Gasteiger partial charge >= 0.3 is 0 Å². The largest absolute Gasteiger partial charge is 0.291 e. The van der Waals surface area contributed by atoms with Crippen LogP contribution in [0, 0.1) is 11.3 Å². The minimum Gasteiger partial charge on any atom is -0.291 e. The fourth-order valence-electron chi connectivity index (χ4n) is 2.40. The van der Waals surface area contributed by atoms with Gasteiger partial charge in [-0.3, -0.25) is 9.79 Å². The van der Waals surface area contributed by atoms with Gasteiger partial charge in [0.25, 0.3) is 0 Å². The average molecular weight is 272 g/mol. The number of aliphatic imine (C=N–C) groups is 1. The van der Waals surface area contributed by atoms with Crippen molar-refractivity contribution in [3.8, 4) is 6.07 Å². The number of nitrogens with zero attached hydrogens (tertiary/aromatic N) is 2. The molecule has 3 nitrogen and oxygen atoms in total. The monoisotopic (exact) mass is 272 g/mol. The maximum Gasteiger partial charge on any atom is 0.195 e. The topological polar surface area (TPSA) is 53.2 Å². The summed E-state index contributed by atoms with van der Waals surface area (Å²) in [5, 5.41) is 9.37. The van der Waals surface area contributed by atoms with E-state index in [9.17, 15) is 10.1 Å². The molecule has 0 aliphatic carbocycles. The molecule has 3 heteroatoms. The first kappa shape index (κ1) is 13.0. The Morgan fingerprint density at radius 3 is 2.05 bits per heavy atom. The molecule has 1 aliphatic rings. The number of nitriles is 1. The zero-order valence-electron chi connectivity index (χ0n) is 11.3. The average Bonchev–Trinajstić information content (AvgIpc) is 2.56. The lowest BCUT2D eigenvalue weighted by Crippen LogP contribution is -2.20. The van der Waals surface area contributed by atoms with Crippen molar-refractivity contribution < 1.29 is 4.79 Å². The fraction of sp³-hybridized carbons (Fsp3) is 0.0556. The molecule has 0 spiro atoms. The van der Waals surface area contributed by atoms with E-state index in [1.807, 2.05) is 60.7 Å². The highest BCUT2D eigenvalue weighted by molar-refractivity contribution is 6.38. The third-order valence-corrected chi connectivity index (χ3v) is 3.37. The third kappa shape index (κ3) is 2.39. The highest BCUT2D eigenvalue weighted by atomic mass is 16.1. The summed E-state index contributed by atoms with van der Waals surface area (Å²) < 4.78 is 0. The Hall–Kier alpha value is -2.99. The van der Waals surface area contributed by atoms with E-state index in [4.69, 9.17) is 0 Å². The van der Waals surface area contributed by atoms with Crippen LogP contribution in [0.2, 0.25) is 0 Å². The number of hydrogen-bond donors (Lipinski definition) is 0. The molecule has 0 atom stereocenters. The van der Waals surface area contributed by atoms with Gasteiger partial charge < -0.3 is 0 Å². The van der Waals surface area contributed by atoms with Crippen LogP contribution in [-0.2, 0) is 4.79 Å². The lowest BCUT2D eigenvalue weighted by molar-refractivity contribution is -0.113. The molecule has 2 aromatic carbocycles. The van der Waals surface area contributed by atoms with Gasteiger partial charge in [-0.1, -0.05) is 60.7 Å². The number of carbonyl (C=O) groups excluding carboxylic acids is 1. The highest BCUT2D eigenvalue weighted by Crippen LogP contribution is 2.27. The molecular formula is C18H12N2O. The Morgan fingerprint density at radius 1 is 0.905 bits per heavy atom. The van der Waals surface area contributed by atoms with Gasteiger partial charge in [0, 0.05) is 11.1 Å². The predicted molar refractivity (Wildman–Crippen MR) is 81.8 cm³/mol. The van der Waals surface area contributed by atoms with Crippen LogP contribution in [0.1, 0.15) is 11.1 Å². The molecule has 0 aromatic heterocycles. The second-order valence-electron chi connectivity index (χ2n) is 4.68. The highest BCUT2D eigenvalue weighted by Gasteiger charge is 2.25. The molecular weight excluding hydrogens is 260 g/mol. The first-order valence-electron chi connectivity index (χ1n) is 6.64. The molecule has 3 rings (SSSR count). The molecule has 0 radical (unpaired) electrons. The Morgan fingerprint density at radius 2 is 1.48 bits per heavy atom. The van der Waals surface area contributed by atoms with Crippen LogP contribution < -0.4 is 0 Å². The molecule has 0 fully saturated rings. The maximum atomic E-state index is 12.0. The molecule has 2 aromatic rings. The van der Waals surface area contributed by atoms with E-state index in [1.165, 1.54) is 0 Å². The van der Waals surface area contributed by atoms with Gasteiger partial charge in [0.05, 0.1) is 5.71 Å². The standard InChI is InChI=1S/C18H12N2O/c19-11-15-16(21)12-20-18(14-9-5-2-6-10-14)17(15)13-7-3-1-4-8-13/h1-10H,12H2. The summed E-state index contributed by atoms with van der Waals surface area (Å²) in [4.78, 5) is 16.4. The molecule has 0 bridgehead atoms. The molecule has 1 aliphatic heterocycles. The number of rotatable bonds is 2. The molecule has 100 valence electrons. The van der Waals surface area contributed by atoms with Crippen LogP contribution in [0.15, 0.2) is 71.2 Å². The number of ketones is 1. The predicted octanol–water partition coefficient (Wildman–Crippen LogP) is 3.04. The second kappa shape index (κ2) is 5.56. The summed E-state index contributed by atoms with van der Waals surface area (Å²) in [6.45, 7) is 0.0312. The summed E-state index contributed by atoms with van der Waals surface area (Å²) in [5.74, 6) is -0.226. The fourth-order valence-corrected chi connectivity index (χ4v) is 2.40. The van der Waals surface area contributed by atoms with Crippen LogP contribution in [0.3, 0.4) is 0 Å². The number of carbonyl (C=O) groups is 1. The Kier molecular flexibility index (Phi) is 3.44. The van der Waals surface area contributed by atoms with E-state index in [-0.39, 0.29) is 17.9 Å². The van der Waals surface area contributed by atoms with Crippen molar-refractivity contribution in [1.82, 2.24) is 0 Å². The quantitative estimate of drug-likeness (QED) is 0.843. The Bertz CT molecular complexity index is 781. The third-order valence-electron chi connectivity index (χ3n) is 3.37. The number of allylic oxidation sites excluding steroid dienone is 1. The smallest absolute Gasteiger partial charge is 0.195 e. The summed E-state index contributed by atoms with van der Waals surface area (Å²) in [6, 6.07) is 21.2. The molecule has 0 saturated heterocycles. The van der Waals surface area contributed by atoms with Crippen LogP contribution in [0.25, 0.3) is 5.57 Å². The zero-order chi connectivity index (χ0) is 14.7. The number of Topliss-reactive ketones (excluding diaryl/α,β-unsaturated/α-hetero) is 1. The van der Waals surface area contributed by atoms with Gasteiger partial charge in [0.2, 0.25) is 0 Å². The SMILES string of the molecule is N#CC1=C(c2ccccc2)C(c2ccccc2)=NCC1=O. The van der Waals surface area contributed by atoms with Crippen molar-refractivity contribution in [3.63, 3.8) is 0 Å². The van der Waals surface area contributed by atoms with E-state index in [2.05, 4.69) is 11.1 Å². The number of hydrogen-bond acceptors (Lipinski definition) is 3. The van der Waals surface area contributed by atoms with Gasteiger partial charge in [-0.25, -0.2) is 0 Å². The van der Waals surface area contributed by atoms with Crippen LogP contribution in [0.4, 0.5) is 0 Å². The molecule has 0 saturated carbocycles. The van der Waals surface area contributed by atoms with Crippen molar-refractivity contribution in [2.24, 2.45) is 4.99 Å². The Labute approximate surface area is 122 Å². The lowest BCUT2D eigenvalue weighted by Gasteiger charge is -2.17. The summed E-state index contributed by atoms with van der Waals surface area (Å²) >= 11 is 0. The number of dihydropyridines is 1. The van der Waals surface area contributed by atoms with Crippen molar-refractivity contribution in [2.45, 2.75) is 0 Å². The molecule has 0 N–H and O–H groups in total. The van der Waals surface area contributed by atoms with Crippen molar-refractivity contribution in [1.29, 1.82) is 5.26 Å². The first-order chi connectivity index (χ1) is 10.3. The number of benzene rings is 2. The lowest BCUT2D eigenvalue weighted by atomic mass is 9.88. The Balaban J connectivity index is 2.23. The van der Waals surface area contributed by atoms with E-state index < -0.39 is 0 Å². The van der Waals surface area contributed by atoms with E-state index in [0.717, 1.165) is 11.1 Å². The van der Waals surface area contributed by atoms with Gasteiger partial charge in [-0.15, -0.1) is 0 Å². The van der Waals surface area contributed by atoms with Crippen molar-refractivity contribution in [3.05, 3.63) is 77.4 Å². The van der Waals surface area contributed by atoms with E-state index in [1.54, 1.807) is 0 Å². The summed E-state index contributed by atoms with van der Waals surface area (Å²) in [6.07, 6.45) is 0. The van der Waals surface area contributed by atoms with E-state index in [0.29, 0.717) is 11.3 Å². The first-order valence-corrected chi connectivity index (χ1v) is 6.64. The normalized spacial score (nSPS) is 14.6. The summed E-state index contributed by atoms with van der Waals surface area (Å²) in [7, 11) is 0. The summed E-state index contributed by atoms with van der Waals surface area (Å²) in [5.41, 5.74) is 3.27. The minimum absolute atomic E-state index is 0.0312. The molecule has 0 amide bonds. The maximum absolute atomic E-state index is 12.0. The molecule has 0 unspecified atom stereocenters. The van der Waals surface area contributed by atoms with Crippen molar-refractivity contribution >= 4 is 17.1 Å². The van der Waals surface area contributed by atoms with Crippen LogP contribution in [0.5, 0.6) is 0 Å². The zero-order valence-corrected chi connectivity index (χ0v) is 11.3. The van der Waals surface area contributed by atoms with Gasteiger partial charge in [0.1, 0.15) is 18.2 Å². The molecule has 21 heavy (non-hydrogen) atoms. The van der Waals surface area contributed by atoms with Crippen LogP contribution in [-0.4, -0.2) is 18.0 Å². The second-order valence-corrected chi connectivity index (χ2v) is 4.68. The minimum atomic E-state index is -0.226. The van der Waals surface area contributed by atoms with E-state index >= 15 is 0 Å². The van der Waals surface area contributed by atoms with Gasteiger partial charge in [-0.05, 0) is 5.56 Å². The van der Waals surface area contributed by atoms with Gasteiger partial charge in [0.15, 0.2) is 5.78 Å².